The lowest BCUT2D eigenvalue weighted by Gasteiger charge is -2.63. The molecule has 0 aromatic rings. The highest BCUT2D eigenvalue weighted by atomic mass is 32.2. The molecule has 0 bridgehead atoms. The molecule has 2 N–H and O–H groups in total. The summed E-state index contributed by atoms with van der Waals surface area (Å²) in [5.41, 5.74) is 6.25. The zero-order valence-corrected chi connectivity index (χ0v) is 9.95. The van der Waals surface area contributed by atoms with Gasteiger partial charge in [-0.05, 0) is 18.3 Å². The molecule has 82 valence electrons. The highest BCUT2D eigenvalue weighted by molar-refractivity contribution is 7.92. The maximum absolute atomic E-state index is 11.1. The van der Waals surface area contributed by atoms with Crippen molar-refractivity contribution >= 4 is 9.84 Å². The third-order valence-corrected chi connectivity index (χ3v) is 6.03. The van der Waals surface area contributed by atoms with E-state index in [4.69, 9.17) is 5.73 Å². The number of hydrogen-bond acceptors (Lipinski definition) is 3. The molecule has 0 unspecified atom stereocenters. The molecule has 1 saturated carbocycles. The zero-order chi connectivity index (χ0) is 10.8. The maximum Gasteiger partial charge on any atom is 0.151 e. The normalized spacial score (nSPS) is 32.0. The van der Waals surface area contributed by atoms with Gasteiger partial charge in [0, 0.05) is 11.0 Å². The molecule has 0 atom stereocenters. The summed E-state index contributed by atoms with van der Waals surface area (Å²) in [6.07, 6.45) is 1.76. The predicted octanol–water partition coefficient (Wildman–Crippen LogP) is 0.939. The molecule has 4 heteroatoms. The zero-order valence-electron chi connectivity index (χ0n) is 9.13. The molecule has 0 radical (unpaired) electrons. The van der Waals surface area contributed by atoms with Gasteiger partial charge >= 0.3 is 0 Å². The van der Waals surface area contributed by atoms with Crippen LogP contribution in [-0.4, -0.2) is 25.5 Å². The van der Waals surface area contributed by atoms with E-state index in [0.29, 0.717) is 11.5 Å². The minimum absolute atomic E-state index is 0.0564. The molecule has 1 aliphatic heterocycles. The van der Waals surface area contributed by atoms with E-state index < -0.39 is 9.84 Å². The summed E-state index contributed by atoms with van der Waals surface area (Å²) in [7, 11) is -2.70. The van der Waals surface area contributed by atoms with Crippen LogP contribution in [0.2, 0.25) is 0 Å². The van der Waals surface area contributed by atoms with Gasteiger partial charge in [0.1, 0.15) is 0 Å². The van der Waals surface area contributed by atoms with E-state index in [2.05, 4.69) is 20.8 Å². The van der Waals surface area contributed by atoms with Gasteiger partial charge in [0.15, 0.2) is 9.84 Å². The fraction of sp³-hybridized carbons (Fsp3) is 1.00. The Balaban J connectivity index is 2.05. The number of rotatable bonds is 0. The average molecular weight is 217 g/mol. The number of nitrogens with two attached hydrogens (primary N) is 1. The van der Waals surface area contributed by atoms with Gasteiger partial charge in [0.25, 0.3) is 0 Å². The molecular formula is C10H19NO2S. The molecule has 14 heavy (non-hydrogen) atoms. The lowest BCUT2D eigenvalue weighted by molar-refractivity contribution is -0.0220. The van der Waals surface area contributed by atoms with Crippen LogP contribution in [0.25, 0.3) is 0 Å². The second kappa shape index (κ2) is 2.35. The van der Waals surface area contributed by atoms with Gasteiger partial charge < -0.3 is 5.73 Å². The van der Waals surface area contributed by atoms with Crippen LogP contribution in [0.5, 0.6) is 0 Å². The molecule has 3 nitrogen and oxygen atoms in total. The molecule has 0 amide bonds. The van der Waals surface area contributed by atoms with Crippen molar-refractivity contribution < 1.29 is 8.42 Å². The summed E-state index contributed by atoms with van der Waals surface area (Å²) in [6.45, 7) is 6.40. The van der Waals surface area contributed by atoms with Crippen molar-refractivity contribution in [2.75, 3.05) is 11.5 Å². The van der Waals surface area contributed by atoms with Crippen molar-refractivity contribution in [3.05, 3.63) is 0 Å². The fourth-order valence-electron chi connectivity index (χ4n) is 2.91. The number of hydrogen-bond donors (Lipinski definition) is 1. The van der Waals surface area contributed by atoms with E-state index in [0.717, 1.165) is 12.8 Å². The molecule has 1 aliphatic carbocycles. The predicted molar refractivity (Wildman–Crippen MR) is 56.7 cm³/mol. The van der Waals surface area contributed by atoms with Gasteiger partial charge in [-0.15, -0.1) is 0 Å². The Kier molecular flexibility index (Phi) is 1.75. The monoisotopic (exact) mass is 217 g/mol. The molecule has 1 heterocycles. The first-order valence-electron chi connectivity index (χ1n) is 5.07. The van der Waals surface area contributed by atoms with Crippen LogP contribution in [0.15, 0.2) is 0 Å². The summed E-state index contributed by atoms with van der Waals surface area (Å²) in [6, 6.07) is 0. The molecular weight excluding hydrogens is 198 g/mol. The summed E-state index contributed by atoms with van der Waals surface area (Å²) in [5.74, 6) is 0.740. The van der Waals surface area contributed by atoms with Gasteiger partial charge in [0.05, 0.1) is 11.5 Å². The Morgan fingerprint density at radius 2 is 1.57 bits per heavy atom. The second-order valence-corrected chi connectivity index (χ2v) is 8.36. The third-order valence-electron chi connectivity index (χ3n) is 3.93. The molecule has 1 saturated heterocycles. The van der Waals surface area contributed by atoms with Gasteiger partial charge in [0.2, 0.25) is 0 Å². The molecule has 1 spiro atoms. The Labute approximate surface area is 86.0 Å². The van der Waals surface area contributed by atoms with E-state index in [9.17, 15) is 8.42 Å². The minimum atomic E-state index is -2.70. The SMILES string of the molecule is CC(C)(C)C1(N)CC2(C1)CS(=O)(=O)C2. The van der Waals surface area contributed by atoms with Gasteiger partial charge in [-0.3, -0.25) is 0 Å². The first kappa shape index (κ1) is 10.4. The summed E-state index contributed by atoms with van der Waals surface area (Å²) in [5, 5.41) is 0. The third kappa shape index (κ3) is 1.31. The smallest absolute Gasteiger partial charge is 0.151 e. The highest BCUT2D eigenvalue weighted by Gasteiger charge is 2.64. The van der Waals surface area contributed by atoms with Crippen molar-refractivity contribution in [3.63, 3.8) is 0 Å². The van der Waals surface area contributed by atoms with E-state index in [1.54, 1.807) is 0 Å². The molecule has 2 aliphatic rings. The van der Waals surface area contributed by atoms with Crippen LogP contribution in [0.4, 0.5) is 0 Å². The Bertz CT molecular complexity index is 344. The van der Waals surface area contributed by atoms with Crippen LogP contribution < -0.4 is 5.73 Å². The quantitative estimate of drug-likeness (QED) is 0.657. The second-order valence-electron chi connectivity index (χ2n) is 6.29. The average Bonchev–Trinajstić information content (AvgIpc) is 1.76. The fourth-order valence-corrected chi connectivity index (χ4v) is 5.10. The van der Waals surface area contributed by atoms with Gasteiger partial charge in [-0.1, -0.05) is 20.8 Å². The van der Waals surface area contributed by atoms with E-state index in [1.165, 1.54) is 0 Å². The highest BCUT2D eigenvalue weighted by Crippen LogP contribution is 2.59. The van der Waals surface area contributed by atoms with Crippen molar-refractivity contribution in [1.82, 2.24) is 0 Å². The summed E-state index contributed by atoms with van der Waals surface area (Å²) >= 11 is 0. The van der Waals surface area contributed by atoms with Gasteiger partial charge in [-0.2, -0.15) is 0 Å². The Morgan fingerprint density at radius 3 is 1.86 bits per heavy atom. The van der Waals surface area contributed by atoms with Crippen molar-refractivity contribution in [3.8, 4) is 0 Å². The Morgan fingerprint density at radius 1 is 1.14 bits per heavy atom. The molecule has 2 fully saturated rings. The number of sulfone groups is 1. The Hall–Kier alpha value is -0.0900. The van der Waals surface area contributed by atoms with E-state index >= 15 is 0 Å². The van der Waals surface area contributed by atoms with Crippen molar-refractivity contribution in [1.29, 1.82) is 0 Å². The van der Waals surface area contributed by atoms with E-state index in [-0.39, 0.29) is 16.4 Å². The first-order valence-corrected chi connectivity index (χ1v) is 6.89. The van der Waals surface area contributed by atoms with Crippen LogP contribution in [0.3, 0.4) is 0 Å². The lowest BCUT2D eigenvalue weighted by atomic mass is 9.51. The summed E-state index contributed by atoms with van der Waals surface area (Å²) < 4.78 is 22.2. The topological polar surface area (TPSA) is 60.2 Å². The minimum Gasteiger partial charge on any atom is -0.325 e. The molecule has 0 aromatic heterocycles. The largest absolute Gasteiger partial charge is 0.325 e. The molecule has 0 aromatic carbocycles. The standard InChI is InChI=1S/C10H19NO2S/c1-8(2,3)10(11)4-9(5-10)6-14(12,13)7-9/h4-7,11H2,1-3H3. The van der Waals surface area contributed by atoms with Crippen molar-refractivity contribution in [2.45, 2.75) is 39.2 Å². The molecule has 2 rings (SSSR count). The van der Waals surface area contributed by atoms with Crippen molar-refractivity contribution in [2.24, 2.45) is 16.6 Å². The van der Waals surface area contributed by atoms with Crippen LogP contribution >= 0.6 is 0 Å². The maximum atomic E-state index is 11.1. The van der Waals surface area contributed by atoms with Gasteiger partial charge in [-0.25, -0.2) is 8.42 Å². The van der Waals surface area contributed by atoms with Crippen LogP contribution in [0.1, 0.15) is 33.6 Å². The van der Waals surface area contributed by atoms with E-state index in [1.807, 2.05) is 0 Å². The summed E-state index contributed by atoms with van der Waals surface area (Å²) in [4.78, 5) is 0. The van der Waals surface area contributed by atoms with Crippen LogP contribution in [0, 0.1) is 10.8 Å². The first-order chi connectivity index (χ1) is 6.08. The lowest BCUT2D eigenvalue weighted by Crippen LogP contribution is -2.71. The van der Waals surface area contributed by atoms with Crippen LogP contribution in [-0.2, 0) is 9.84 Å².